The van der Waals surface area contributed by atoms with Gasteiger partial charge in [0.2, 0.25) is 0 Å². The number of morpholine rings is 1. The van der Waals surface area contributed by atoms with Crippen molar-refractivity contribution in [2.24, 2.45) is 0 Å². The maximum atomic E-state index is 12.3. The third kappa shape index (κ3) is 4.04. The lowest BCUT2D eigenvalue weighted by molar-refractivity contribution is 0.0945. The van der Waals surface area contributed by atoms with Crippen molar-refractivity contribution in [3.05, 3.63) is 53.6 Å². The first-order valence-electron chi connectivity index (χ1n) is 7.72. The Morgan fingerprint density at radius 1 is 1.30 bits per heavy atom. The number of ether oxygens (including phenoxy) is 1. The molecule has 0 radical (unpaired) electrons. The molecule has 0 bridgehead atoms. The lowest BCUT2D eigenvalue weighted by atomic mass is 10.2. The third-order valence-corrected chi connectivity index (χ3v) is 3.73. The Morgan fingerprint density at radius 2 is 2.13 bits per heavy atom. The highest BCUT2D eigenvalue weighted by Gasteiger charge is 2.14. The number of carbonyl (C=O) groups is 1. The Hall–Kier alpha value is -2.47. The van der Waals surface area contributed by atoms with Crippen molar-refractivity contribution in [1.29, 1.82) is 0 Å². The first-order valence-corrected chi connectivity index (χ1v) is 7.72. The van der Waals surface area contributed by atoms with Crippen molar-refractivity contribution >= 4 is 11.6 Å². The first-order chi connectivity index (χ1) is 11.2. The Bertz CT molecular complexity index is 684. The zero-order chi connectivity index (χ0) is 16.1. The number of amides is 1. The van der Waals surface area contributed by atoms with Crippen molar-refractivity contribution in [2.75, 3.05) is 31.2 Å². The third-order valence-electron chi connectivity index (χ3n) is 3.73. The van der Waals surface area contributed by atoms with Crippen LogP contribution in [0, 0.1) is 6.92 Å². The molecule has 0 aromatic carbocycles. The van der Waals surface area contributed by atoms with E-state index in [1.807, 2.05) is 37.3 Å². The molecule has 3 rings (SSSR count). The van der Waals surface area contributed by atoms with Gasteiger partial charge in [-0.15, -0.1) is 0 Å². The smallest absolute Gasteiger partial charge is 0.270 e. The predicted molar refractivity (Wildman–Crippen MR) is 87.4 cm³/mol. The Morgan fingerprint density at radius 3 is 2.91 bits per heavy atom. The molecule has 1 aliphatic heterocycles. The van der Waals surface area contributed by atoms with Gasteiger partial charge >= 0.3 is 0 Å². The van der Waals surface area contributed by atoms with Crippen LogP contribution in [0.4, 0.5) is 5.69 Å². The van der Waals surface area contributed by atoms with Crippen LogP contribution in [-0.4, -0.2) is 42.2 Å². The minimum absolute atomic E-state index is 0.191. The highest BCUT2D eigenvalue weighted by Crippen LogP contribution is 2.16. The van der Waals surface area contributed by atoms with Gasteiger partial charge in [0, 0.05) is 30.7 Å². The maximum absolute atomic E-state index is 12.3. The summed E-state index contributed by atoms with van der Waals surface area (Å²) in [5.74, 6) is -0.191. The monoisotopic (exact) mass is 312 g/mol. The van der Waals surface area contributed by atoms with Crippen LogP contribution in [0.1, 0.15) is 21.9 Å². The van der Waals surface area contributed by atoms with Gasteiger partial charge in [-0.2, -0.15) is 0 Å². The quantitative estimate of drug-likeness (QED) is 0.928. The molecule has 1 aliphatic rings. The second kappa shape index (κ2) is 7.19. The second-order valence-electron chi connectivity index (χ2n) is 5.45. The summed E-state index contributed by atoms with van der Waals surface area (Å²) in [5.41, 5.74) is 3.19. The molecule has 0 saturated carbocycles. The van der Waals surface area contributed by atoms with Gasteiger partial charge in [-0.25, -0.2) is 0 Å². The summed E-state index contributed by atoms with van der Waals surface area (Å²) in [4.78, 5) is 23.0. The Labute approximate surface area is 135 Å². The fraction of sp³-hybridized carbons (Fsp3) is 0.353. The zero-order valence-electron chi connectivity index (χ0n) is 13.2. The van der Waals surface area contributed by atoms with Gasteiger partial charge in [-0.1, -0.05) is 6.07 Å². The van der Waals surface area contributed by atoms with E-state index in [0.717, 1.165) is 30.2 Å². The zero-order valence-corrected chi connectivity index (χ0v) is 13.2. The second-order valence-corrected chi connectivity index (χ2v) is 5.45. The van der Waals surface area contributed by atoms with Crippen LogP contribution in [0.5, 0.6) is 0 Å². The predicted octanol–water partition coefficient (Wildman–Crippen LogP) is 1.55. The number of hydrogen-bond donors (Lipinski definition) is 1. The topological polar surface area (TPSA) is 67.4 Å². The minimum atomic E-state index is -0.191. The van der Waals surface area contributed by atoms with Crippen molar-refractivity contribution in [3.8, 4) is 0 Å². The molecule has 120 valence electrons. The van der Waals surface area contributed by atoms with Gasteiger partial charge in [0.05, 0.1) is 25.5 Å². The van der Waals surface area contributed by atoms with E-state index < -0.39 is 0 Å². The summed E-state index contributed by atoms with van der Waals surface area (Å²) in [6.45, 7) is 5.41. The van der Waals surface area contributed by atoms with Crippen LogP contribution in [0.3, 0.4) is 0 Å². The molecule has 1 fully saturated rings. The molecular formula is C17H20N4O2. The molecule has 1 N–H and O–H groups in total. The van der Waals surface area contributed by atoms with Crippen LogP contribution in [-0.2, 0) is 11.3 Å². The van der Waals surface area contributed by atoms with E-state index in [1.54, 1.807) is 6.20 Å². The van der Waals surface area contributed by atoms with Crippen LogP contribution < -0.4 is 10.2 Å². The normalized spacial score (nSPS) is 14.6. The van der Waals surface area contributed by atoms with E-state index >= 15 is 0 Å². The van der Waals surface area contributed by atoms with Crippen LogP contribution in [0.15, 0.2) is 36.5 Å². The molecule has 23 heavy (non-hydrogen) atoms. The summed E-state index contributed by atoms with van der Waals surface area (Å²) >= 11 is 0. The minimum Gasteiger partial charge on any atom is -0.378 e. The van der Waals surface area contributed by atoms with Gasteiger partial charge in [0.1, 0.15) is 5.69 Å². The van der Waals surface area contributed by atoms with Gasteiger partial charge < -0.3 is 15.0 Å². The number of aryl methyl sites for hydroxylation is 1. The largest absolute Gasteiger partial charge is 0.378 e. The molecule has 1 saturated heterocycles. The number of carbonyl (C=O) groups excluding carboxylic acids is 1. The summed E-state index contributed by atoms with van der Waals surface area (Å²) in [7, 11) is 0. The van der Waals surface area contributed by atoms with Crippen molar-refractivity contribution in [3.63, 3.8) is 0 Å². The fourth-order valence-corrected chi connectivity index (χ4v) is 2.52. The van der Waals surface area contributed by atoms with Crippen molar-refractivity contribution in [1.82, 2.24) is 15.3 Å². The molecule has 3 heterocycles. The number of nitrogens with zero attached hydrogens (tertiary/aromatic N) is 3. The molecule has 6 nitrogen and oxygen atoms in total. The SMILES string of the molecule is Cc1cccc(CNC(=O)c2cc(N3CCOCC3)ccn2)n1. The van der Waals surface area contributed by atoms with E-state index in [0.29, 0.717) is 25.5 Å². The number of rotatable bonds is 4. The fourth-order valence-electron chi connectivity index (χ4n) is 2.52. The molecule has 2 aromatic heterocycles. The Kier molecular flexibility index (Phi) is 4.83. The van der Waals surface area contributed by atoms with E-state index in [1.165, 1.54) is 0 Å². The van der Waals surface area contributed by atoms with Gasteiger partial charge in [-0.3, -0.25) is 14.8 Å². The van der Waals surface area contributed by atoms with E-state index in [2.05, 4.69) is 20.2 Å². The van der Waals surface area contributed by atoms with Crippen molar-refractivity contribution < 1.29 is 9.53 Å². The number of nitrogens with one attached hydrogen (secondary N) is 1. The Balaban J connectivity index is 1.65. The maximum Gasteiger partial charge on any atom is 0.270 e. The number of pyridine rings is 2. The summed E-state index contributed by atoms with van der Waals surface area (Å²) in [6, 6.07) is 9.50. The van der Waals surface area contributed by atoms with Crippen LogP contribution >= 0.6 is 0 Å². The summed E-state index contributed by atoms with van der Waals surface area (Å²) in [6.07, 6.45) is 1.67. The van der Waals surface area contributed by atoms with Gasteiger partial charge in [-0.05, 0) is 31.2 Å². The number of aromatic nitrogens is 2. The molecule has 0 unspecified atom stereocenters. The van der Waals surface area contributed by atoms with Crippen LogP contribution in [0.2, 0.25) is 0 Å². The average molecular weight is 312 g/mol. The molecule has 0 aliphatic carbocycles. The molecule has 0 spiro atoms. The number of anilines is 1. The molecular weight excluding hydrogens is 292 g/mol. The molecule has 6 heteroatoms. The highest BCUT2D eigenvalue weighted by molar-refractivity contribution is 5.93. The number of hydrogen-bond acceptors (Lipinski definition) is 5. The lowest BCUT2D eigenvalue weighted by Gasteiger charge is -2.28. The standard InChI is InChI=1S/C17H20N4O2/c1-13-3-2-4-14(20-13)12-19-17(22)16-11-15(5-6-18-16)21-7-9-23-10-8-21/h2-6,11H,7-10,12H2,1H3,(H,19,22). The molecule has 0 atom stereocenters. The van der Waals surface area contributed by atoms with E-state index in [9.17, 15) is 4.79 Å². The van der Waals surface area contributed by atoms with Gasteiger partial charge in [0.15, 0.2) is 0 Å². The summed E-state index contributed by atoms with van der Waals surface area (Å²) < 4.78 is 5.35. The lowest BCUT2D eigenvalue weighted by Crippen LogP contribution is -2.36. The average Bonchev–Trinajstić information content (AvgIpc) is 2.61. The van der Waals surface area contributed by atoms with E-state index in [-0.39, 0.29) is 5.91 Å². The first kappa shape index (κ1) is 15.4. The van der Waals surface area contributed by atoms with Gasteiger partial charge in [0.25, 0.3) is 5.91 Å². The molecule has 2 aromatic rings. The van der Waals surface area contributed by atoms with Crippen LogP contribution in [0.25, 0.3) is 0 Å². The van der Waals surface area contributed by atoms with E-state index in [4.69, 9.17) is 4.74 Å². The molecule has 1 amide bonds. The van der Waals surface area contributed by atoms with Crippen molar-refractivity contribution in [2.45, 2.75) is 13.5 Å². The highest BCUT2D eigenvalue weighted by atomic mass is 16.5. The summed E-state index contributed by atoms with van der Waals surface area (Å²) in [5, 5.41) is 2.87.